The number of methoxy groups -OCH3 is 1. The predicted octanol–water partition coefficient (Wildman–Crippen LogP) is 2.96. The Morgan fingerprint density at radius 2 is 2.04 bits per heavy atom. The van der Waals surface area contributed by atoms with E-state index in [1.54, 1.807) is 4.90 Å². The van der Waals surface area contributed by atoms with Gasteiger partial charge in [0.15, 0.2) is 0 Å². The average Bonchev–Trinajstić information content (AvgIpc) is 2.53. The van der Waals surface area contributed by atoms with Crippen molar-refractivity contribution in [2.24, 2.45) is 0 Å². The van der Waals surface area contributed by atoms with Crippen LogP contribution in [0, 0.1) is 5.82 Å². The number of nitrogens with zero attached hydrogens (tertiary/aromatic N) is 1. The van der Waals surface area contributed by atoms with E-state index in [9.17, 15) is 14.0 Å². The molecule has 0 saturated carbocycles. The van der Waals surface area contributed by atoms with Crippen LogP contribution in [0.2, 0.25) is 0 Å². The number of halogens is 1. The molecular formula is C18H25FN2O4. The molecule has 1 aromatic rings. The van der Waals surface area contributed by atoms with Gasteiger partial charge in [-0.1, -0.05) is 0 Å². The fourth-order valence-corrected chi connectivity index (χ4v) is 2.71. The van der Waals surface area contributed by atoms with Gasteiger partial charge in [0.05, 0.1) is 12.7 Å². The summed E-state index contributed by atoms with van der Waals surface area (Å²) < 4.78 is 23.9. The number of piperidine rings is 1. The molecule has 7 heteroatoms. The van der Waals surface area contributed by atoms with E-state index < -0.39 is 23.4 Å². The Bertz CT molecular complexity index is 642. The largest absolute Gasteiger partial charge is 0.496 e. The molecule has 0 aliphatic carbocycles. The number of hydrogen-bond acceptors (Lipinski definition) is 4. The molecule has 138 valence electrons. The molecule has 0 spiro atoms. The third-order valence-corrected chi connectivity index (χ3v) is 3.81. The molecule has 2 amide bonds. The van der Waals surface area contributed by atoms with Crippen LogP contribution in [0.3, 0.4) is 0 Å². The standard InChI is InChI=1S/C18H25FN2O4/c1-18(2,3)25-17(23)21-9-5-6-13(11-21)20-16(22)14-10-12(19)7-8-15(14)24-4/h7-8,10,13H,5-6,9,11H2,1-4H3,(H,20,22). The van der Waals surface area contributed by atoms with E-state index in [2.05, 4.69) is 5.32 Å². The summed E-state index contributed by atoms with van der Waals surface area (Å²) in [6.07, 6.45) is 1.10. The van der Waals surface area contributed by atoms with Crippen molar-refractivity contribution in [3.8, 4) is 5.75 Å². The molecule has 1 unspecified atom stereocenters. The lowest BCUT2D eigenvalue weighted by atomic mass is 10.1. The lowest BCUT2D eigenvalue weighted by Gasteiger charge is -2.34. The summed E-state index contributed by atoms with van der Waals surface area (Å²) in [7, 11) is 1.43. The molecule has 6 nitrogen and oxygen atoms in total. The van der Waals surface area contributed by atoms with Gasteiger partial charge >= 0.3 is 6.09 Å². The van der Waals surface area contributed by atoms with Crippen molar-refractivity contribution in [1.29, 1.82) is 0 Å². The maximum atomic E-state index is 13.4. The normalized spacial score (nSPS) is 17.8. The summed E-state index contributed by atoms with van der Waals surface area (Å²) in [6, 6.07) is 3.57. The van der Waals surface area contributed by atoms with Crippen LogP contribution >= 0.6 is 0 Å². The Kier molecular flexibility index (Phi) is 5.87. The summed E-state index contributed by atoms with van der Waals surface area (Å²) in [6.45, 7) is 6.38. The van der Waals surface area contributed by atoms with Gasteiger partial charge < -0.3 is 19.7 Å². The van der Waals surface area contributed by atoms with Crippen LogP contribution in [-0.4, -0.2) is 48.7 Å². The van der Waals surface area contributed by atoms with Gasteiger partial charge in [-0.3, -0.25) is 4.79 Å². The van der Waals surface area contributed by atoms with E-state index in [0.29, 0.717) is 18.8 Å². The highest BCUT2D eigenvalue weighted by Gasteiger charge is 2.29. The molecule has 1 aromatic carbocycles. The van der Waals surface area contributed by atoms with Gasteiger partial charge in [-0.2, -0.15) is 0 Å². The number of ether oxygens (including phenoxy) is 2. The van der Waals surface area contributed by atoms with Crippen LogP contribution in [0.25, 0.3) is 0 Å². The van der Waals surface area contributed by atoms with Gasteiger partial charge in [0.1, 0.15) is 17.2 Å². The first-order chi connectivity index (χ1) is 11.7. The second kappa shape index (κ2) is 7.72. The summed E-state index contributed by atoms with van der Waals surface area (Å²) in [5.41, 5.74) is -0.431. The van der Waals surface area contributed by atoms with E-state index in [1.807, 2.05) is 20.8 Å². The fraction of sp³-hybridized carbons (Fsp3) is 0.556. The molecule has 1 aliphatic rings. The topological polar surface area (TPSA) is 67.9 Å². The molecule has 0 bridgehead atoms. The average molecular weight is 352 g/mol. The highest BCUT2D eigenvalue weighted by molar-refractivity contribution is 5.97. The molecule has 2 rings (SSSR count). The predicted molar refractivity (Wildman–Crippen MR) is 91.2 cm³/mol. The third kappa shape index (κ3) is 5.34. The number of carbonyl (C=O) groups excluding carboxylic acids is 2. The molecular weight excluding hydrogens is 327 g/mol. The molecule has 1 N–H and O–H groups in total. The number of amides is 2. The summed E-state index contributed by atoms with van der Waals surface area (Å²) in [5.74, 6) is -0.629. The number of rotatable bonds is 3. The highest BCUT2D eigenvalue weighted by atomic mass is 19.1. The summed E-state index contributed by atoms with van der Waals surface area (Å²) in [4.78, 5) is 26.2. The lowest BCUT2D eigenvalue weighted by Crippen LogP contribution is -2.50. The molecule has 1 atom stereocenters. The lowest BCUT2D eigenvalue weighted by molar-refractivity contribution is 0.0185. The van der Waals surface area contributed by atoms with Crippen LogP contribution in [0.5, 0.6) is 5.75 Å². The molecule has 0 aromatic heterocycles. The zero-order valence-corrected chi connectivity index (χ0v) is 15.1. The molecule has 1 aliphatic heterocycles. The maximum absolute atomic E-state index is 13.4. The first-order valence-electron chi connectivity index (χ1n) is 8.32. The van der Waals surface area contributed by atoms with Crippen LogP contribution in [0.1, 0.15) is 44.0 Å². The highest BCUT2D eigenvalue weighted by Crippen LogP contribution is 2.20. The molecule has 1 heterocycles. The Balaban J connectivity index is 2.02. The van der Waals surface area contributed by atoms with Crippen molar-refractivity contribution in [3.63, 3.8) is 0 Å². The second-order valence-corrected chi connectivity index (χ2v) is 7.08. The van der Waals surface area contributed by atoms with Crippen LogP contribution in [0.15, 0.2) is 18.2 Å². The van der Waals surface area contributed by atoms with Crippen molar-refractivity contribution in [2.75, 3.05) is 20.2 Å². The molecule has 0 radical (unpaired) electrons. The van der Waals surface area contributed by atoms with Crippen molar-refractivity contribution < 1.29 is 23.5 Å². The Labute approximate surface area is 147 Å². The Hall–Kier alpha value is -2.31. The van der Waals surface area contributed by atoms with E-state index in [-0.39, 0.29) is 11.6 Å². The van der Waals surface area contributed by atoms with Crippen molar-refractivity contribution in [3.05, 3.63) is 29.6 Å². The van der Waals surface area contributed by atoms with E-state index in [1.165, 1.54) is 19.2 Å². The van der Waals surface area contributed by atoms with E-state index in [4.69, 9.17) is 9.47 Å². The van der Waals surface area contributed by atoms with Crippen LogP contribution < -0.4 is 10.1 Å². The minimum atomic E-state index is -0.567. The van der Waals surface area contributed by atoms with Gasteiger partial charge in [-0.05, 0) is 51.8 Å². The van der Waals surface area contributed by atoms with Crippen molar-refractivity contribution in [2.45, 2.75) is 45.3 Å². The minimum absolute atomic E-state index is 0.136. The summed E-state index contributed by atoms with van der Waals surface area (Å²) >= 11 is 0. The van der Waals surface area contributed by atoms with Gasteiger partial charge in [-0.25, -0.2) is 9.18 Å². The quantitative estimate of drug-likeness (QED) is 0.908. The number of carbonyl (C=O) groups is 2. The van der Waals surface area contributed by atoms with Gasteiger partial charge in [0.2, 0.25) is 0 Å². The fourth-order valence-electron chi connectivity index (χ4n) is 2.71. The molecule has 25 heavy (non-hydrogen) atoms. The number of likely N-dealkylation sites (tertiary alicyclic amines) is 1. The van der Waals surface area contributed by atoms with Gasteiger partial charge in [0.25, 0.3) is 5.91 Å². The van der Waals surface area contributed by atoms with Crippen LogP contribution in [0.4, 0.5) is 9.18 Å². The summed E-state index contributed by atoms with van der Waals surface area (Å²) in [5, 5.41) is 2.85. The van der Waals surface area contributed by atoms with Crippen molar-refractivity contribution >= 4 is 12.0 Å². The maximum Gasteiger partial charge on any atom is 0.410 e. The van der Waals surface area contributed by atoms with Crippen molar-refractivity contribution in [1.82, 2.24) is 10.2 Å². The Morgan fingerprint density at radius 3 is 2.68 bits per heavy atom. The van der Waals surface area contributed by atoms with Gasteiger partial charge in [-0.15, -0.1) is 0 Å². The number of hydrogen-bond donors (Lipinski definition) is 1. The Morgan fingerprint density at radius 1 is 1.32 bits per heavy atom. The minimum Gasteiger partial charge on any atom is -0.496 e. The molecule has 1 saturated heterocycles. The van der Waals surface area contributed by atoms with Gasteiger partial charge in [0, 0.05) is 19.1 Å². The van der Waals surface area contributed by atoms with Crippen LogP contribution in [-0.2, 0) is 4.74 Å². The number of nitrogens with one attached hydrogen (secondary N) is 1. The first kappa shape index (κ1) is 19.0. The zero-order valence-electron chi connectivity index (χ0n) is 15.1. The monoisotopic (exact) mass is 352 g/mol. The first-order valence-corrected chi connectivity index (χ1v) is 8.32. The second-order valence-electron chi connectivity index (χ2n) is 7.08. The van der Waals surface area contributed by atoms with E-state index >= 15 is 0 Å². The third-order valence-electron chi connectivity index (χ3n) is 3.81. The van der Waals surface area contributed by atoms with E-state index in [0.717, 1.165) is 18.9 Å². The smallest absolute Gasteiger partial charge is 0.410 e. The number of benzene rings is 1. The zero-order chi connectivity index (χ0) is 18.6. The molecule has 1 fully saturated rings. The SMILES string of the molecule is COc1ccc(F)cc1C(=O)NC1CCCN(C(=O)OC(C)(C)C)C1.